The summed E-state index contributed by atoms with van der Waals surface area (Å²) in [6.45, 7) is 17.1. The minimum absolute atomic E-state index is 0.131. The zero-order chi connectivity index (χ0) is 58.7. The monoisotopic (exact) mass is 1140 g/mol. The summed E-state index contributed by atoms with van der Waals surface area (Å²) in [4.78, 5) is 39.0. The molecule has 4 aliphatic heterocycles. The molecule has 0 aromatic carbocycles. The molecule has 24 nitrogen and oxygen atoms in total. The van der Waals surface area contributed by atoms with E-state index in [2.05, 4.69) is 54.5 Å². The van der Waals surface area contributed by atoms with Gasteiger partial charge in [0.2, 0.25) is 6.29 Å². The Morgan fingerprint density at radius 3 is 1.86 bits per heavy atom. The number of carbonyl (C=O) groups is 3. The van der Waals surface area contributed by atoms with Crippen LogP contribution in [0.4, 0.5) is 0 Å². The van der Waals surface area contributed by atoms with Crippen LogP contribution in [-0.4, -0.2) is 221 Å². The Kier molecular flexibility index (Phi) is 17.3. The molecule has 8 fully saturated rings. The highest BCUT2D eigenvalue weighted by molar-refractivity contribution is 5.79. The number of fused-ring (bicyclic) bond motifs is 7. The molecule has 0 aromatic heterocycles. The van der Waals surface area contributed by atoms with E-state index in [0.717, 1.165) is 32.6 Å². The molecule has 0 radical (unpaired) electrons. The maximum Gasteiger partial charge on any atom is 0.335 e. The first kappa shape index (κ1) is 62.0. The van der Waals surface area contributed by atoms with Crippen LogP contribution in [0.1, 0.15) is 127 Å². The quantitative estimate of drug-likeness (QED) is 0.0675. The number of hydrogen-bond donors (Lipinski definition) is 12. The third-order valence-electron chi connectivity index (χ3n) is 21.6. The van der Waals surface area contributed by atoms with Gasteiger partial charge in [0, 0.05) is 6.92 Å². The Bertz CT molecular complexity index is 2300. The Labute approximate surface area is 465 Å². The van der Waals surface area contributed by atoms with Crippen molar-refractivity contribution >= 4 is 17.9 Å². The molecule has 0 amide bonds. The highest BCUT2D eigenvalue weighted by Gasteiger charge is 2.70. The number of carboxylic acid groups (broad SMARTS) is 1. The van der Waals surface area contributed by atoms with E-state index in [-0.39, 0.29) is 39.4 Å². The van der Waals surface area contributed by atoms with Gasteiger partial charge in [-0.05, 0) is 116 Å². The summed E-state index contributed by atoms with van der Waals surface area (Å²) in [7, 11) is 0. The Hall–Kier alpha value is -2.57. The van der Waals surface area contributed by atoms with Gasteiger partial charge >= 0.3 is 17.9 Å². The van der Waals surface area contributed by atoms with E-state index in [1.165, 1.54) is 12.5 Å². The van der Waals surface area contributed by atoms with Crippen LogP contribution in [0.25, 0.3) is 0 Å². The molecular weight excluding hydrogens is 1060 g/mol. The van der Waals surface area contributed by atoms with E-state index in [4.69, 9.17) is 42.6 Å². The Balaban J connectivity index is 0.899. The smallest absolute Gasteiger partial charge is 0.335 e. The van der Waals surface area contributed by atoms with Crippen molar-refractivity contribution in [2.45, 2.75) is 255 Å². The van der Waals surface area contributed by atoms with Crippen molar-refractivity contribution in [3.8, 4) is 0 Å². The highest BCUT2D eigenvalue weighted by atomic mass is 16.8. The highest BCUT2D eigenvalue weighted by Crippen LogP contribution is 2.76. The lowest BCUT2D eigenvalue weighted by atomic mass is 9.33. The zero-order valence-corrected chi connectivity index (χ0v) is 47.2. The first-order chi connectivity index (χ1) is 37.2. The molecule has 24 heteroatoms. The van der Waals surface area contributed by atoms with Gasteiger partial charge in [-0.3, -0.25) is 9.59 Å². The van der Waals surface area contributed by atoms with Gasteiger partial charge in [0.05, 0.1) is 24.2 Å². The summed E-state index contributed by atoms with van der Waals surface area (Å²) in [5.41, 5.74) is -1.26. The Morgan fingerprint density at radius 2 is 1.20 bits per heavy atom. The van der Waals surface area contributed by atoms with Crippen molar-refractivity contribution in [1.29, 1.82) is 0 Å². The van der Waals surface area contributed by atoms with Gasteiger partial charge in [0.25, 0.3) is 0 Å². The van der Waals surface area contributed by atoms with Gasteiger partial charge in [0.15, 0.2) is 25.0 Å². The maximum absolute atomic E-state index is 15.2. The number of rotatable bonds is 12. The van der Waals surface area contributed by atoms with E-state index >= 15 is 4.79 Å². The number of allylic oxidation sites excluding steroid dienone is 2. The summed E-state index contributed by atoms with van der Waals surface area (Å²) >= 11 is 0. The molecule has 4 saturated carbocycles. The summed E-state index contributed by atoms with van der Waals surface area (Å²) in [5, 5.41) is 129. The number of aliphatic hydroxyl groups excluding tert-OH is 11. The average molecular weight is 1150 g/mol. The number of esters is 2. The normalized spacial score (nSPS) is 51.7. The number of ether oxygens (including phenoxy) is 9. The molecule has 28 atom stereocenters. The van der Waals surface area contributed by atoms with E-state index in [1.54, 1.807) is 0 Å². The van der Waals surface area contributed by atoms with Crippen molar-refractivity contribution in [3.63, 3.8) is 0 Å². The van der Waals surface area contributed by atoms with Crippen LogP contribution in [0.5, 0.6) is 0 Å². The van der Waals surface area contributed by atoms with Crippen molar-refractivity contribution in [3.05, 3.63) is 11.6 Å². The number of carbonyl (C=O) groups excluding carboxylic acids is 2. The number of hydrogen-bond acceptors (Lipinski definition) is 23. The van der Waals surface area contributed by atoms with E-state index < -0.39 is 171 Å². The summed E-state index contributed by atoms with van der Waals surface area (Å²) in [5.74, 6) is -2.76. The Morgan fingerprint density at radius 1 is 0.600 bits per heavy atom. The zero-order valence-electron chi connectivity index (χ0n) is 47.2. The minimum atomic E-state index is -1.91. The molecule has 80 heavy (non-hydrogen) atoms. The van der Waals surface area contributed by atoms with Crippen molar-refractivity contribution < 1.29 is 118 Å². The van der Waals surface area contributed by atoms with Crippen LogP contribution >= 0.6 is 0 Å². The van der Waals surface area contributed by atoms with Crippen LogP contribution in [0, 0.1) is 50.2 Å². The van der Waals surface area contributed by atoms with Gasteiger partial charge < -0.3 is 104 Å². The first-order valence-electron chi connectivity index (χ1n) is 28.6. The summed E-state index contributed by atoms with van der Waals surface area (Å²) in [6, 6.07) is 0. The second-order valence-corrected chi connectivity index (χ2v) is 27.0. The third-order valence-corrected chi connectivity index (χ3v) is 21.6. The van der Waals surface area contributed by atoms with E-state index in [1.807, 2.05) is 0 Å². The second kappa shape index (κ2) is 22.4. The fourth-order valence-electron chi connectivity index (χ4n) is 16.5. The first-order valence-corrected chi connectivity index (χ1v) is 28.6. The lowest BCUT2D eigenvalue weighted by Gasteiger charge is -2.71. The van der Waals surface area contributed by atoms with Crippen LogP contribution in [0.3, 0.4) is 0 Å². The number of aliphatic hydroxyl groups is 11. The molecule has 0 bridgehead atoms. The molecule has 12 N–H and O–H groups in total. The lowest BCUT2D eigenvalue weighted by molar-refractivity contribution is -0.361. The van der Waals surface area contributed by atoms with Crippen molar-refractivity contribution in [1.82, 2.24) is 0 Å². The molecule has 0 aromatic rings. The van der Waals surface area contributed by atoms with Gasteiger partial charge in [0.1, 0.15) is 92.1 Å². The SMILES string of the molecule is CC(=O)OCC1OC(OCC2OC(OC(=O)C34CCC(C)(C)CC3C3=CCC5C6(C)CCC(OC7OC(C(=O)O)C(O)C(O)C7O)C(C)(C)C6CCC5(C)C3(C)CC4)C(O)C(O)C2O)C(O)C(O)C1OC1OC(C)C(O)C(O)C1O. The molecule has 0 spiro atoms. The number of aliphatic carboxylic acids is 1. The predicted octanol–water partition coefficient (Wildman–Crippen LogP) is -0.345. The lowest BCUT2D eigenvalue weighted by Crippen LogP contribution is -2.66. The predicted molar refractivity (Wildman–Crippen MR) is 271 cm³/mol. The second-order valence-electron chi connectivity index (χ2n) is 27.0. The molecule has 456 valence electrons. The summed E-state index contributed by atoms with van der Waals surface area (Å²) < 4.78 is 52.5. The molecular formula is C56H88O24. The van der Waals surface area contributed by atoms with Crippen molar-refractivity contribution in [2.24, 2.45) is 50.2 Å². The van der Waals surface area contributed by atoms with E-state index in [9.17, 15) is 70.9 Å². The van der Waals surface area contributed by atoms with Crippen molar-refractivity contribution in [2.75, 3.05) is 13.2 Å². The standard InChI is InChI=1S/C56H88O24/c1-23-32(58)34(60)39(65)47(74-23)78-43-28(22-72-24(2)57)76-46(42(68)38(43)64)73-21-27-33(59)35(61)40(66)48(75-27)80-50(71)56-18-16-51(3,4)20-26(56)25-10-11-30-53(7)14-13-31(77-49-41(67)36(62)37(63)44(79-49)45(69)70)52(5,6)29(53)12-15-55(30,9)54(25,8)17-19-56/h10,23,26-44,46-49,58-68H,11-22H2,1-9H3,(H,69,70). The minimum Gasteiger partial charge on any atom is -0.479 e. The molecule has 4 heterocycles. The van der Waals surface area contributed by atoms with Gasteiger partial charge in [-0.15, -0.1) is 0 Å². The largest absolute Gasteiger partial charge is 0.479 e. The van der Waals surface area contributed by atoms with Gasteiger partial charge in [-0.25, -0.2) is 4.79 Å². The fraction of sp³-hybridized carbons (Fsp3) is 0.911. The average Bonchev–Trinajstić information content (AvgIpc) is 2.09. The van der Waals surface area contributed by atoms with Crippen LogP contribution in [0.2, 0.25) is 0 Å². The molecule has 9 rings (SSSR count). The van der Waals surface area contributed by atoms with Gasteiger partial charge in [-0.1, -0.05) is 60.1 Å². The van der Waals surface area contributed by atoms with Crippen LogP contribution in [-0.2, 0) is 57.0 Å². The summed E-state index contributed by atoms with van der Waals surface area (Å²) in [6.07, 6.45) is -24.9. The molecule has 28 unspecified atom stereocenters. The number of carboxylic acids is 1. The third kappa shape index (κ3) is 10.4. The molecule has 9 aliphatic rings. The maximum atomic E-state index is 15.2. The van der Waals surface area contributed by atoms with Crippen LogP contribution in [0.15, 0.2) is 11.6 Å². The topological polar surface area (TPSA) is 377 Å². The molecule has 5 aliphatic carbocycles. The fourth-order valence-corrected chi connectivity index (χ4v) is 16.5. The van der Waals surface area contributed by atoms with Gasteiger partial charge in [-0.2, -0.15) is 0 Å². The van der Waals surface area contributed by atoms with E-state index in [0.29, 0.717) is 38.5 Å². The van der Waals surface area contributed by atoms with Crippen LogP contribution < -0.4 is 0 Å². The molecule has 4 saturated heterocycles.